The van der Waals surface area contributed by atoms with Gasteiger partial charge in [0, 0.05) is 7.05 Å². The Morgan fingerprint density at radius 2 is 1.88 bits per heavy atom. The minimum atomic E-state index is -0.127. The molecule has 0 aliphatic carbocycles. The standard InChI is InChI=1S/C12H15N3O2/c1-9-11(13-17-3)12(16)15(14(9)2)10-7-5-4-6-8-10/h4-8,13H,1-3H3. The third kappa shape index (κ3) is 1.85. The second-order valence-electron chi connectivity index (χ2n) is 3.74. The van der Waals surface area contributed by atoms with Crippen molar-refractivity contribution in [3.05, 3.63) is 46.4 Å². The van der Waals surface area contributed by atoms with Crippen molar-refractivity contribution in [1.82, 2.24) is 9.36 Å². The molecule has 1 aromatic carbocycles. The van der Waals surface area contributed by atoms with Crippen LogP contribution in [0.25, 0.3) is 5.69 Å². The van der Waals surface area contributed by atoms with E-state index in [1.165, 1.54) is 7.11 Å². The summed E-state index contributed by atoms with van der Waals surface area (Å²) in [7, 11) is 3.32. The van der Waals surface area contributed by atoms with Crippen LogP contribution in [0.1, 0.15) is 5.69 Å². The van der Waals surface area contributed by atoms with E-state index in [1.807, 2.05) is 44.3 Å². The number of aromatic nitrogens is 2. The lowest BCUT2D eigenvalue weighted by Gasteiger charge is -2.07. The molecule has 0 saturated carbocycles. The molecule has 0 unspecified atom stereocenters. The molecule has 1 aromatic heterocycles. The number of rotatable bonds is 3. The second-order valence-corrected chi connectivity index (χ2v) is 3.74. The molecular weight excluding hydrogens is 218 g/mol. The lowest BCUT2D eigenvalue weighted by atomic mass is 10.3. The van der Waals surface area contributed by atoms with Crippen molar-refractivity contribution in [3.63, 3.8) is 0 Å². The van der Waals surface area contributed by atoms with Gasteiger partial charge in [-0.3, -0.25) is 19.8 Å². The van der Waals surface area contributed by atoms with Crippen molar-refractivity contribution in [1.29, 1.82) is 0 Å². The van der Waals surface area contributed by atoms with Gasteiger partial charge in [-0.05, 0) is 19.1 Å². The van der Waals surface area contributed by atoms with Gasteiger partial charge in [0.25, 0.3) is 5.56 Å². The first-order valence-corrected chi connectivity index (χ1v) is 5.30. The van der Waals surface area contributed by atoms with Gasteiger partial charge in [-0.2, -0.15) is 0 Å². The van der Waals surface area contributed by atoms with Gasteiger partial charge < -0.3 is 0 Å². The van der Waals surface area contributed by atoms with Crippen molar-refractivity contribution in [2.45, 2.75) is 6.92 Å². The van der Waals surface area contributed by atoms with Crippen LogP contribution in [-0.2, 0) is 11.9 Å². The van der Waals surface area contributed by atoms with Crippen LogP contribution in [0, 0.1) is 6.92 Å². The molecular formula is C12H15N3O2. The van der Waals surface area contributed by atoms with Gasteiger partial charge in [0.05, 0.1) is 18.5 Å². The van der Waals surface area contributed by atoms with Crippen LogP contribution < -0.4 is 11.0 Å². The summed E-state index contributed by atoms with van der Waals surface area (Å²) in [6, 6.07) is 9.48. The van der Waals surface area contributed by atoms with E-state index in [1.54, 1.807) is 9.36 Å². The Kier molecular flexibility index (Phi) is 3.01. The van der Waals surface area contributed by atoms with Gasteiger partial charge in [-0.25, -0.2) is 4.68 Å². The largest absolute Gasteiger partial charge is 0.297 e. The molecule has 17 heavy (non-hydrogen) atoms. The Morgan fingerprint density at radius 3 is 2.47 bits per heavy atom. The molecule has 0 amide bonds. The molecule has 5 nitrogen and oxygen atoms in total. The summed E-state index contributed by atoms with van der Waals surface area (Å²) < 4.78 is 3.38. The molecule has 0 fully saturated rings. The van der Waals surface area contributed by atoms with Crippen molar-refractivity contribution < 1.29 is 4.84 Å². The third-order valence-corrected chi connectivity index (χ3v) is 2.76. The normalized spacial score (nSPS) is 10.5. The second kappa shape index (κ2) is 4.47. The number of nitrogens with zero attached hydrogens (tertiary/aromatic N) is 2. The SMILES string of the molecule is CONc1c(C)n(C)n(-c2ccccc2)c1=O. The van der Waals surface area contributed by atoms with E-state index in [-0.39, 0.29) is 5.56 Å². The summed E-state index contributed by atoms with van der Waals surface area (Å²) in [5.74, 6) is 0. The molecule has 0 atom stereocenters. The van der Waals surface area contributed by atoms with E-state index in [4.69, 9.17) is 4.84 Å². The van der Waals surface area contributed by atoms with E-state index >= 15 is 0 Å². The highest BCUT2D eigenvalue weighted by atomic mass is 16.6. The zero-order valence-electron chi connectivity index (χ0n) is 10.1. The average Bonchev–Trinajstić information content (AvgIpc) is 2.55. The minimum absolute atomic E-state index is 0.127. The Balaban J connectivity index is 2.64. The predicted octanol–water partition coefficient (Wildman–Crippen LogP) is 1.46. The van der Waals surface area contributed by atoms with Gasteiger partial charge >= 0.3 is 0 Å². The summed E-state index contributed by atoms with van der Waals surface area (Å²) in [5, 5.41) is 0. The summed E-state index contributed by atoms with van der Waals surface area (Å²) in [6.45, 7) is 1.86. The Morgan fingerprint density at radius 1 is 1.24 bits per heavy atom. The third-order valence-electron chi connectivity index (χ3n) is 2.76. The lowest BCUT2D eigenvalue weighted by Crippen LogP contribution is -2.20. The van der Waals surface area contributed by atoms with Gasteiger partial charge in [0.1, 0.15) is 5.69 Å². The first kappa shape index (κ1) is 11.5. The maximum atomic E-state index is 12.2. The van der Waals surface area contributed by atoms with Crippen LogP contribution in [-0.4, -0.2) is 16.5 Å². The number of para-hydroxylation sites is 1. The Hall–Kier alpha value is -2.01. The molecule has 2 aromatic rings. The van der Waals surface area contributed by atoms with E-state index in [2.05, 4.69) is 5.48 Å². The highest BCUT2D eigenvalue weighted by Gasteiger charge is 2.15. The molecule has 90 valence electrons. The molecule has 0 bridgehead atoms. The van der Waals surface area contributed by atoms with Crippen LogP contribution >= 0.6 is 0 Å². The quantitative estimate of drug-likeness (QED) is 0.816. The summed E-state index contributed by atoms with van der Waals surface area (Å²) in [6.07, 6.45) is 0. The number of benzene rings is 1. The van der Waals surface area contributed by atoms with Crippen molar-refractivity contribution in [2.75, 3.05) is 12.6 Å². The molecule has 5 heteroatoms. The smallest absolute Gasteiger partial charge is 0.283 e. The highest BCUT2D eigenvalue weighted by molar-refractivity contribution is 5.47. The number of hydrogen-bond donors (Lipinski definition) is 1. The topological polar surface area (TPSA) is 48.2 Å². The summed E-state index contributed by atoms with van der Waals surface area (Å²) in [5.41, 5.74) is 4.60. The minimum Gasteiger partial charge on any atom is -0.283 e. The van der Waals surface area contributed by atoms with E-state index in [9.17, 15) is 4.79 Å². The molecule has 1 N–H and O–H groups in total. The van der Waals surface area contributed by atoms with Crippen molar-refractivity contribution in [3.8, 4) is 5.69 Å². The van der Waals surface area contributed by atoms with Crippen LogP contribution in [0.2, 0.25) is 0 Å². The summed E-state index contributed by atoms with van der Waals surface area (Å²) >= 11 is 0. The fraction of sp³-hybridized carbons (Fsp3) is 0.250. The maximum Gasteiger partial charge on any atom is 0.297 e. The predicted molar refractivity (Wildman–Crippen MR) is 66.4 cm³/mol. The number of anilines is 1. The van der Waals surface area contributed by atoms with Gasteiger partial charge in [0.15, 0.2) is 0 Å². The maximum absolute atomic E-state index is 12.2. The molecule has 0 spiro atoms. The first-order chi connectivity index (χ1) is 8.16. The fourth-order valence-corrected chi connectivity index (χ4v) is 1.79. The summed E-state index contributed by atoms with van der Waals surface area (Å²) in [4.78, 5) is 17.0. The zero-order chi connectivity index (χ0) is 12.4. The van der Waals surface area contributed by atoms with Crippen molar-refractivity contribution >= 4 is 5.69 Å². The number of nitrogens with one attached hydrogen (secondary N) is 1. The first-order valence-electron chi connectivity index (χ1n) is 5.30. The fourth-order valence-electron chi connectivity index (χ4n) is 1.79. The van der Waals surface area contributed by atoms with Gasteiger partial charge in [-0.15, -0.1) is 0 Å². The van der Waals surface area contributed by atoms with Crippen LogP contribution in [0.3, 0.4) is 0 Å². The van der Waals surface area contributed by atoms with E-state index < -0.39 is 0 Å². The highest BCUT2D eigenvalue weighted by Crippen LogP contribution is 2.13. The number of hydrogen-bond acceptors (Lipinski definition) is 3. The van der Waals surface area contributed by atoms with Gasteiger partial charge in [-0.1, -0.05) is 18.2 Å². The molecule has 0 radical (unpaired) electrons. The zero-order valence-corrected chi connectivity index (χ0v) is 10.1. The molecule has 0 aliphatic rings. The molecule has 1 heterocycles. The van der Waals surface area contributed by atoms with E-state index in [0.29, 0.717) is 5.69 Å². The Labute approximate surface area is 99.2 Å². The molecule has 2 rings (SSSR count). The van der Waals surface area contributed by atoms with Crippen molar-refractivity contribution in [2.24, 2.45) is 7.05 Å². The Bertz CT molecular complexity index is 569. The van der Waals surface area contributed by atoms with Gasteiger partial charge in [0.2, 0.25) is 0 Å². The van der Waals surface area contributed by atoms with Crippen LogP contribution in [0.4, 0.5) is 5.69 Å². The monoisotopic (exact) mass is 233 g/mol. The lowest BCUT2D eigenvalue weighted by molar-refractivity contribution is 0.270. The van der Waals surface area contributed by atoms with Crippen LogP contribution in [0.5, 0.6) is 0 Å². The molecule has 0 aliphatic heterocycles. The van der Waals surface area contributed by atoms with E-state index in [0.717, 1.165) is 11.4 Å². The van der Waals surface area contributed by atoms with Crippen LogP contribution in [0.15, 0.2) is 35.1 Å². The average molecular weight is 233 g/mol. The molecule has 0 saturated heterocycles.